The van der Waals surface area contributed by atoms with E-state index < -0.39 is 0 Å². The largest absolute Gasteiger partial charge is 0.294 e. The molecule has 106 valence electrons. The molecule has 3 rings (SSSR count). The summed E-state index contributed by atoms with van der Waals surface area (Å²) in [4.78, 5) is 2.72. The zero-order chi connectivity index (χ0) is 13.4. The van der Waals surface area contributed by atoms with Gasteiger partial charge in [-0.25, -0.2) is 0 Å². The number of halogens is 1. The Labute approximate surface area is 124 Å². The Kier molecular flexibility index (Phi) is 3.99. The van der Waals surface area contributed by atoms with Gasteiger partial charge in [-0.3, -0.25) is 9.58 Å². The lowest BCUT2D eigenvalue weighted by molar-refractivity contribution is 0.0527. The molecular formula is C15H24BrN3. The summed E-state index contributed by atoms with van der Waals surface area (Å²) in [6, 6.07) is 0.824. The predicted molar refractivity (Wildman–Crippen MR) is 81.0 cm³/mol. The average molecular weight is 326 g/mol. The van der Waals surface area contributed by atoms with Crippen LogP contribution in [0.3, 0.4) is 0 Å². The molecule has 1 aromatic heterocycles. The molecule has 1 saturated heterocycles. The number of nitrogens with zero attached hydrogens (tertiary/aromatic N) is 3. The van der Waals surface area contributed by atoms with Crippen molar-refractivity contribution in [2.75, 3.05) is 6.54 Å². The van der Waals surface area contributed by atoms with Crippen molar-refractivity contribution in [3.8, 4) is 0 Å². The second kappa shape index (κ2) is 5.57. The van der Waals surface area contributed by atoms with E-state index >= 15 is 0 Å². The summed E-state index contributed by atoms with van der Waals surface area (Å²) in [5.74, 6) is 0.954. The van der Waals surface area contributed by atoms with Gasteiger partial charge in [0, 0.05) is 19.6 Å². The molecule has 1 aliphatic carbocycles. The van der Waals surface area contributed by atoms with Crippen LogP contribution in [-0.2, 0) is 13.6 Å². The van der Waals surface area contributed by atoms with Crippen molar-refractivity contribution in [3.05, 3.63) is 15.9 Å². The highest BCUT2D eigenvalue weighted by Crippen LogP contribution is 2.36. The topological polar surface area (TPSA) is 21.1 Å². The maximum Gasteiger partial charge on any atom is 0.0739 e. The first-order valence-electron chi connectivity index (χ1n) is 7.59. The summed E-state index contributed by atoms with van der Waals surface area (Å²) in [5.41, 5.74) is 2.44. The lowest BCUT2D eigenvalue weighted by atomic mass is 9.78. The van der Waals surface area contributed by atoms with Gasteiger partial charge in [0.1, 0.15) is 0 Å². The van der Waals surface area contributed by atoms with Gasteiger partial charge >= 0.3 is 0 Å². The van der Waals surface area contributed by atoms with Crippen molar-refractivity contribution >= 4 is 15.9 Å². The first-order valence-corrected chi connectivity index (χ1v) is 8.38. The Morgan fingerprint density at radius 2 is 1.95 bits per heavy atom. The summed E-state index contributed by atoms with van der Waals surface area (Å²) in [6.07, 6.45) is 8.54. The molecule has 2 aliphatic rings. The summed E-state index contributed by atoms with van der Waals surface area (Å²) in [7, 11) is 2.06. The molecule has 2 fully saturated rings. The van der Waals surface area contributed by atoms with Crippen LogP contribution in [-0.4, -0.2) is 27.3 Å². The van der Waals surface area contributed by atoms with Gasteiger partial charge in [0.15, 0.2) is 0 Å². The van der Waals surface area contributed by atoms with Crippen LogP contribution in [0.2, 0.25) is 0 Å². The van der Waals surface area contributed by atoms with Crippen LogP contribution in [0.5, 0.6) is 0 Å². The van der Waals surface area contributed by atoms with E-state index in [-0.39, 0.29) is 0 Å². The summed E-state index contributed by atoms with van der Waals surface area (Å²) in [5, 5.41) is 4.52. The van der Waals surface area contributed by atoms with Gasteiger partial charge in [0.25, 0.3) is 0 Å². The highest BCUT2D eigenvalue weighted by atomic mass is 79.9. The van der Waals surface area contributed by atoms with Gasteiger partial charge in [0.2, 0.25) is 0 Å². The summed E-state index contributed by atoms with van der Waals surface area (Å²) in [6.45, 7) is 4.39. The summed E-state index contributed by atoms with van der Waals surface area (Å²) < 4.78 is 3.25. The molecule has 1 aliphatic heterocycles. The van der Waals surface area contributed by atoms with Crippen LogP contribution in [0.25, 0.3) is 0 Å². The van der Waals surface area contributed by atoms with Gasteiger partial charge in [-0.2, -0.15) is 5.10 Å². The zero-order valence-electron chi connectivity index (χ0n) is 12.0. The fourth-order valence-corrected chi connectivity index (χ4v) is 4.43. The maximum atomic E-state index is 4.52. The van der Waals surface area contributed by atoms with E-state index in [0.29, 0.717) is 0 Å². The molecule has 0 amide bonds. The molecule has 2 unspecified atom stereocenters. The Balaban J connectivity index is 1.77. The minimum absolute atomic E-state index is 0.824. The minimum atomic E-state index is 0.824. The molecule has 1 saturated carbocycles. The van der Waals surface area contributed by atoms with E-state index in [0.717, 1.165) is 24.2 Å². The molecule has 2 atom stereocenters. The van der Waals surface area contributed by atoms with Crippen molar-refractivity contribution in [2.45, 2.75) is 58.0 Å². The number of hydrogen-bond acceptors (Lipinski definition) is 2. The number of aryl methyl sites for hydroxylation is 2. The first-order chi connectivity index (χ1) is 9.16. The zero-order valence-corrected chi connectivity index (χ0v) is 13.6. The molecule has 0 radical (unpaired) electrons. The number of piperidine rings is 1. The number of rotatable bonds is 2. The van der Waals surface area contributed by atoms with Crippen molar-refractivity contribution in [3.63, 3.8) is 0 Å². The summed E-state index contributed by atoms with van der Waals surface area (Å²) >= 11 is 3.71. The van der Waals surface area contributed by atoms with Crippen molar-refractivity contribution in [1.29, 1.82) is 0 Å². The van der Waals surface area contributed by atoms with Crippen molar-refractivity contribution < 1.29 is 0 Å². The Hall–Kier alpha value is -0.350. The van der Waals surface area contributed by atoms with E-state index in [1.54, 1.807) is 0 Å². The SMILES string of the molecule is Cc1nn(C)c(CN2CCCC3CCCCC32)c1Br. The molecule has 1 aromatic rings. The number of likely N-dealkylation sites (tertiary alicyclic amines) is 1. The molecule has 0 bridgehead atoms. The van der Waals surface area contributed by atoms with E-state index in [4.69, 9.17) is 0 Å². The lowest BCUT2D eigenvalue weighted by Gasteiger charge is -2.44. The van der Waals surface area contributed by atoms with Crippen LogP contribution < -0.4 is 0 Å². The molecule has 0 spiro atoms. The van der Waals surface area contributed by atoms with Crippen LogP contribution >= 0.6 is 15.9 Å². The smallest absolute Gasteiger partial charge is 0.0739 e. The molecule has 4 heteroatoms. The fourth-order valence-electron chi connectivity index (χ4n) is 3.97. The normalized spacial score (nSPS) is 28.4. The van der Waals surface area contributed by atoms with E-state index in [2.05, 4.69) is 39.9 Å². The lowest BCUT2D eigenvalue weighted by Crippen LogP contribution is -2.46. The average Bonchev–Trinajstić information content (AvgIpc) is 2.66. The Morgan fingerprint density at radius 1 is 1.21 bits per heavy atom. The minimum Gasteiger partial charge on any atom is -0.294 e. The van der Waals surface area contributed by atoms with Gasteiger partial charge in [0.05, 0.1) is 15.9 Å². The first kappa shape index (κ1) is 13.6. The van der Waals surface area contributed by atoms with E-state index in [1.165, 1.54) is 55.2 Å². The molecular weight excluding hydrogens is 302 g/mol. The van der Waals surface area contributed by atoms with E-state index in [1.807, 2.05) is 4.68 Å². The number of hydrogen-bond donors (Lipinski definition) is 0. The van der Waals surface area contributed by atoms with Gasteiger partial charge in [-0.05, 0) is 61.0 Å². The number of fused-ring (bicyclic) bond motifs is 1. The van der Waals surface area contributed by atoms with Crippen LogP contribution in [0.1, 0.15) is 49.9 Å². The Morgan fingerprint density at radius 3 is 2.68 bits per heavy atom. The van der Waals surface area contributed by atoms with Crippen LogP contribution in [0, 0.1) is 12.8 Å². The molecule has 0 aromatic carbocycles. The molecule has 19 heavy (non-hydrogen) atoms. The molecule has 3 nitrogen and oxygen atoms in total. The highest BCUT2D eigenvalue weighted by molar-refractivity contribution is 9.10. The third-order valence-electron chi connectivity index (χ3n) is 4.97. The fraction of sp³-hybridized carbons (Fsp3) is 0.800. The highest BCUT2D eigenvalue weighted by Gasteiger charge is 2.33. The predicted octanol–water partition coefficient (Wildman–Crippen LogP) is 3.65. The Bertz CT molecular complexity index is 452. The number of aromatic nitrogens is 2. The quantitative estimate of drug-likeness (QED) is 0.827. The second-order valence-electron chi connectivity index (χ2n) is 6.19. The maximum absolute atomic E-state index is 4.52. The second-order valence-corrected chi connectivity index (χ2v) is 6.99. The standard InChI is InChI=1S/C15H24BrN3/c1-11-15(16)14(18(2)17-11)10-19-9-5-7-12-6-3-4-8-13(12)19/h12-13H,3-10H2,1-2H3. The third-order valence-corrected chi connectivity index (χ3v) is 6.00. The van der Waals surface area contributed by atoms with Gasteiger partial charge < -0.3 is 0 Å². The van der Waals surface area contributed by atoms with Crippen molar-refractivity contribution in [1.82, 2.24) is 14.7 Å². The monoisotopic (exact) mass is 325 g/mol. The molecule has 0 N–H and O–H groups in total. The third kappa shape index (κ3) is 2.62. The van der Waals surface area contributed by atoms with Gasteiger partial charge in [-0.1, -0.05) is 12.8 Å². The van der Waals surface area contributed by atoms with Crippen LogP contribution in [0.15, 0.2) is 4.47 Å². The molecule has 2 heterocycles. The van der Waals surface area contributed by atoms with E-state index in [9.17, 15) is 0 Å². The van der Waals surface area contributed by atoms with Crippen LogP contribution in [0.4, 0.5) is 0 Å². The van der Waals surface area contributed by atoms with Crippen molar-refractivity contribution in [2.24, 2.45) is 13.0 Å². The van der Waals surface area contributed by atoms with Gasteiger partial charge in [-0.15, -0.1) is 0 Å².